The van der Waals surface area contributed by atoms with Crippen molar-refractivity contribution < 1.29 is 9.53 Å². The summed E-state index contributed by atoms with van der Waals surface area (Å²) < 4.78 is 6.55. The molecule has 0 N–H and O–H groups in total. The van der Waals surface area contributed by atoms with Gasteiger partial charge in [0, 0.05) is 8.95 Å². The molecule has 76 valence electrons. The minimum Gasteiger partial charge on any atom is -0.462 e. The van der Waals surface area contributed by atoms with E-state index in [1.165, 1.54) is 0 Å². The zero-order valence-electron chi connectivity index (χ0n) is 7.93. The molecule has 0 saturated heterocycles. The molecule has 2 nitrogen and oxygen atoms in total. The third-order valence-electron chi connectivity index (χ3n) is 1.78. The molecule has 0 aliphatic carbocycles. The van der Waals surface area contributed by atoms with Crippen molar-refractivity contribution in [2.24, 2.45) is 0 Å². The van der Waals surface area contributed by atoms with E-state index in [0.717, 1.165) is 14.5 Å². The summed E-state index contributed by atoms with van der Waals surface area (Å²) >= 11 is 6.70. The third kappa shape index (κ3) is 2.36. The van der Waals surface area contributed by atoms with E-state index < -0.39 is 0 Å². The minimum absolute atomic E-state index is 0.293. The molecule has 1 aromatic carbocycles. The van der Waals surface area contributed by atoms with Crippen molar-refractivity contribution in [1.82, 2.24) is 0 Å². The van der Waals surface area contributed by atoms with E-state index in [0.29, 0.717) is 12.2 Å². The van der Waals surface area contributed by atoms with Gasteiger partial charge >= 0.3 is 5.97 Å². The van der Waals surface area contributed by atoms with Crippen LogP contribution in [-0.4, -0.2) is 12.6 Å². The summed E-state index contributed by atoms with van der Waals surface area (Å²) in [6.07, 6.45) is 0. The maximum atomic E-state index is 11.6. The largest absolute Gasteiger partial charge is 0.462 e. The number of carbonyl (C=O) groups is 1. The van der Waals surface area contributed by atoms with Crippen LogP contribution in [0.2, 0.25) is 0 Å². The van der Waals surface area contributed by atoms with Crippen LogP contribution in [0.5, 0.6) is 0 Å². The van der Waals surface area contributed by atoms with Gasteiger partial charge in [0.25, 0.3) is 0 Å². The highest BCUT2D eigenvalue weighted by atomic mass is 79.9. The van der Waals surface area contributed by atoms with Crippen LogP contribution in [0.25, 0.3) is 0 Å². The molecule has 0 bridgehead atoms. The molecule has 0 saturated carbocycles. The monoisotopic (exact) mass is 320 g/mol. The molecule has 0 radical (unpaired) electrons. The van der Waals surface area contributed by atoms with Gasteiger partial charge in [0.1, 0.15) is 0 Å². The van der Waals surface area contributed by atoms with Crippen LogP contribution in [-0.2, 0) is 4.74 Å². The highest BCUT2D eigenvalue weighted by Gasteiger charge is 2.15. The lowest BCUT2D eigenvalue weighted by Gasteiger charge is -2.08. The summed E-state index contributed by atoms with van der Waals surface area (Å²) in [4.78, 5) is 11.6. The Kier molecular flexibility index (Phi) is 4.13. The molecular formula is C10H10Br2O2. The van der Waals surface area contributed by atoms with E-state index >= 15 is 0 Å². The molecule has 0 aliphatic heterocycles. The number of carbonyl (C=O) groups excluding carboxylic acids is 1. The lowest BCUT2D eigenvalue weighted by molar-refractivity contribution is 0.0524. The molecule has 14 heavy (non-hydrogen) atoms. The second kappa shape index (κ2) is 4.94. The van der Waals surface area contributed by atoms with Crippen molar-refractivity contribution in [3.05, 3.63) is 32.2 Å². The van der Waals surface area contributed by atoms with Gasteiger partial charge in [0.05, 0.1) is 12.2 Å². The molecule has 0 aliphatic rings. The van der Waals surface area contributed by atoms with E-state index in [1.54, 1.807) is 6.92 Å². The fourth-order valence-electron chi connectivity index (χ4n) is 1.10. The Morgan fingerprint density at radius 1 is 1.43 bits per heavy atom. The van der Waals surface area contributed by atoms with Gasteiger partial charge in [-0.25, -0.2) is 4.79 Å². The van der Waals surface area contributed by atoms with Gasteiger partial charge in [-0.2, -0.15) is 0 Å². The van der Waals surface area contributed by atoms with Gasteiger partial charge in [-0.05, 0) is 57.3 Å². The SMILES string of the molecule is CCOC(=O)c1c(C)ccc(Br)c1Br. The van der Waals surface area contributed by atoms with Crippen molar-refractivity contribution in [2.75, 3.05) is 6.61 Å². The molecule has 0 atom stereocenters. The number of rotatable bonds is 2. The Morgan fingerprint density at radius 2 is 2.07 bits per heavy atom. The molecule has 1 rings (SSSR count). The third-order valence-corrected chi connectivity index (χ3v) is 3.80. The lowest BCUT2D eigenvalue weighted by Crippen LogP contribution is -2.07. The average Bonchev–Trinajstić information content (AvgIpc) is 2.13. The first-order valence-electron chi connectivity index (χ1n) is 4.19. The molecule has 0 heterocycles. The summed E-state index contributed by atoms with van der Waals surface area (Å²) in [5, 5.41) is 0. The average molecular weight is 322 g/mol. The highest BCUT2D eigenvalue weighted by molar-refractivity contribution is 9.13. The second-order valence-electron chi connectivity index (χ2n) is 2.77. The smallest absolute Gasteiger partial charge is 0.339 e. The summed E-state index contributed by atoms with van der Waals surface area (Å²) in [6.45, 7) is 4.06. The summed E-state index contributed by atoms with van der Waals surface area (Å²) in [7, 11) is 0. The van der Waals surface area contributed by atoms with Gasteiger partial charge in [0.15, 0.2) is 0 Å². The van der Waals surface area contributed by atoms with E-state index in [4.69, 9.17) is 4.74 Å². The van der Waals surface area contributed by atoms with E-state index in [-0.39, 0.29) is 5.97 Å². The summed E-state index contributed by atoms with van der Waals surface area (Å²) in [5.74, 6) is -0.293. The molecule has 0 fully saturated rings. The van der Waals surface area contributed by atoms with Crippen LogP contribution in [0.1, 0.15) is 22.8 Å². The van der Waals surface area contributed by atoms with Crippen LogP contribution in [0.15, 0.2) is 21.1 Å². The fraction of sp³-hybridized carbons (Fsp3) is 0.300. The van der Waals surface area contributed by atoms with Crippen LogP contribution in [0, 0.1) is 6.92 Å². The number of ether oxygens (including phenoxy) is 1. The Balaban J connectivity index is 3.18. The lowest BCUT2D eigenvalue weighted by atomic mass is 10.1. The predicted octanol–water partition coefficient (Wildman–Crippen LogP) is 3.70. The standard InChI is InChI=1S/C10H10Br2O2/c1-3-14-10(13)8-6(2)4-5-7(11)9(8)12/h4-5H,3H2,1-2H3. The second-order valence-corrected chi connectivity index (χ2v) is 4.42. The Hall–Kier alpha value is -0.350. The Bertz CT molecular complexity index is 361. The predicted molar refractivity (Wildman–Crippen MR) is 62.5 cm³/mol. The topological polar surface area (TPSA) is 26.3 Å². The molecule has 4 heteroatoms. The molecule has 0 spiro atoms. The molecular weight excluding hydrogens is 312 g/mol. The number of hydrogen-bond donors (Lipinski definition) is 0. The van der Waals surface area contributed by atoms with Crippen molar-refractivity contribution in [3.8, 4) is 0 Å². The van der Waals surface area contributed by atoms with Crippen molar-refractivity contribution in [1.29, 1.82) is 0 Å². The number of aryl methyl sites for hydroxylation is 1. The van der Waals surface area contributed by atoms with Gasteiger partial charge < -0.3 is 4.74 Å². The molecule has 1 aromatic rings. The molecule has 0 amide bonds. The maximum absolute atomic E-state index is 11.6. The zero-order valence-corrected chi connectivity index (χ0v) is 11.1. The van der Waals surface area contributed by atoms with Crippen LogP contribution in [0.4, 0.5) is 0 Å². The quantitative estimate of drug-likeness (QED) is 0.776. The van der Waals surface area contributed by atoms with Gasteiger partial charge in [0.2, 0.25) is 0 Å². The van der Waals surface area contributed by atoms with Crippen molar-refractivity contribution >= 4 is 37.8 Å². The van der Waals surface area contributed by atoms with Crippen molar-refractivity contribution in [2.45, 2.75) is 13.8 Å². The number of hydrogen-bond acceptors (Lipinski definition) is 2. The van der Waals surface area contributed by atoms with Crippen LogP contribution >= 0.6 is 31.9 Å². The number of halogens is 2. The minimum atomic E-state index is -0.293. The normalized spacial score (nSPS) is 10.0. The highest BCUT2D eigenvalue weighted by Crippen LogP contribution is 2.29. The van der Waals surface area contributed by atoms with Crippen LogP contribution in [0.3, 0.4) is 0 Å². The number of benzene rings is 1. The fourth-order valence-corrected chi connectivity index (χ4v) is 2.04. The first-order chi connectivity index (χ1) is 6.57. The zero-order chi connectivity index (χ0) is 10.7. The number of esters is 1. The molecule has 0 aromatic heterocycles. The van der Waals surface area contributed by atoms with Gasteiger partial charge in [-0.3, -0.25) is 0 Å². The van der Waals surface area contributed by atoms with E-state index in [9.17, 15) is 4.79 Å². The Morgan fingerprint density at radius 3 is 2.64 bits per heavy atom. The van der Waals surface area contributed by atoms with Crippen LogP contribution < -0.4 is 0 Å². The molecule has 0 unspecified atom stereocenters. The van der Waals surface area contributed by atoms with E-state index in [2.05, 4.69) is 31.9 Å². The summed E-state index contributed by atoms with van der Waals surface area (Å²) in [5.41, 5.74) is 1.49. The first kappa shape index (κ1) is 11.7. The summed E-state index contributed by atoms with van der Waals surface area (Å²) in [6, 6.07) is 3.77. The Labute approximate surface area is 99.9 Å². The maximum Gasteiger partial charge on any atom is 0.339 e. The van der Waals surface area contributed by atoms with Gasteiger partial charge in [-0.1, -0.05) is 6.07 Å². The van der Waals surface area contributed by atoms with Crippen molar-refractivity contribution in [3.63, 3.8) is 0 Å². The van der Waals surface area contributed by atoms with Gasteiger partial charge in [-0.15, -0.1) is 0 Å². The van der Waals surface area contributed by atoms with E-state index in [1.807, 2.05) is 19.1 Å². The first-order valence-corrected chi connectivity index (χ1v) is 5.78.